The van der Waals surface area contributed by atoms with Crippen molar-refractivity contribution in [1.29, 1.82) is 0 Å². The average Bonchev–Trinajstić information content (AvgIpc) is 3.60. The summed E-state index contributed by atoms with van der Waals surface area (Å²) in [7, 11) is 1.68. The highest BCUT2D eigenvalue weighted by atomic mass is 16.5. The Balaban J connectivity index is 1.20. The number of unbranched alkanes of at least 4 members (excludes halogenated alkanes) is 1. The average molecular weight is 548 g/mol. The zero-order chi connectivity index (χ0) is 28.6. The van der Waals surface area contributed by atoms with Gasteiger partial charge in [-0.05, 0) is 68.8 Å². The minimum Gasteiger partial charge on any atom is -0.390 e. The molecule has 1 fully saturated rings. The van der Waals surface area contributed by atoms with Gasteiger partial charge in [0.15, 0.2) is 0 Å². The minimum atomic E-state index is -0.554. The molecule has 40 heavy (non-hydrogen) atoms. The van der Waals surface area contributed by atoms with Crippen LogP contribution in [0, 0.1) is 5.92 Å². The molecule has 1 saturated carbocycles. The van der Waals surface area contributed by atoms with Gasteiger partial charge in [0.05, 0.1) is 28.6 Å². The van der Waals surface area contributed by atoms with E-state index in [1.807, 2.05) is 12.3 Å². The highest BCUT2D eigenvalue weighted by Crippen LogP contribution is 2.39. The second kappa shape index (κ2) is 11.5. The Morgan fingerprint density at radius 3 is 2.73 bits per heavy atom. The molecule has 0 unspecified atom stereocenters. The number of aliphatic hydroxyl groups is 1. The number of hydrogen-bond donors (Lipinski definition) is 3. The number of nitrogen functional groups attached to an aromatic ring is 1. The fourth-order valence-electron chi connectivity index (χ4n) is 6.20. The monoisotopic (exact) mass is 547 g/mol. The van der Waals surface area contributed by atoms with Crippen molar-refractivity contribution in [3.63, 3.8) is 0 Å². The molecule has 9 nitrogen and oxygen atoms in total. The van der Waals surface area contributed by atoms with Crippen molar-refractivity contribution in [2.45, 2.75) is 90.0 Å². The molecule has 1 aliphatic carbocycles. The number of nitrogens with zero attached hydrogens (tertiary/aromatic N) is 5. The number of benzene rings is 1. The molecule has 9 heteroatoms. The standard InChI is InChI=1S/C31H45N7O2/c1-19(2)37(13-8-7-9-26-35-23-11-10-21(31(3,4)5)16-24(23)36-26)17-20-15-25(28(40-6)27(20)39)38-14-12-22-29(32)33-18-34-30(22)38/h10-12,14,16,18-20,25,27-28,39H,7-9,13,15,17H2,1-6H3,(H,35,36)(H2,32,33,34)/t20-,25+,27+,28-/m0/s1. The number of methoxy groups -OCH3 is 1. The highest BCUT2D eigenvalue weighted by molar-refractivity contribution is 5.86. The zero-order valence-electron chi connectivity index (χ0n) is 24.8. The van der Waals surface area contributed by atoms with Gasteiger partial charge in [-0.2, -0.15) is 0 Å². The summed E-state index contributed by atoms with van der Waals surface area (Å²) in [5, 5.41) is 12.1. The van der Waals surface area contributed by atoms with Gasteiger partial charge >= 0.3 is 0 Å². The molecule has 216 valence electrons. The molecule has 5 rings (SSSR count). The Morgan fingerprint density at radius 1 is 1.20 bits per heavy atom. The lowest BCUT2D eigenvalue weighted by Crippen LogP contribution is -2.40. The van der Waals surface area contributed by atoms with E-state index in [1.54, 1.807) is 7.11 Å². The Hall–Kier alpha value is -3.01. The summed E-state index contributed by atoms with van der Waals surface area (Å²) < 4.78 is 7.93. The second-order valence-electron chi connectivity index (χ2n) is 12.7. The van der Waals surface area contributed by atoms with Gasteiger partial charge in [-0.25, -0.2) is 15.0 Å². The van der Waals surface area contributed by atoms with Crippen LogP contribution >= 0.6 is 0 Å². The maximum absolute atomic E-state index is 11.3. The summed E-state index contributed by atoms with van der Waals surface area (Å²) >= 11 is 0. The summed E-state index contributed by atoms with van der Waals surface area (Å²) in [6.45, 7) is 13.0. The first-order chi connectivity index (χ1) is 19.1. The second-order valence-corrected chi connectivity index (χ2v) is 12.7. The molecule has 0 aliphatic heterocycles. The molecule has 0 amide bonds. The first-order valence-corrected chi connectivity index (χ1v) is 14.6. The molecule has 3 heterocycles. The van der Waals surface area contributed by atoms with Gasteiger partial charge in [0.1, 0.15) is 29.7 Å². The summed E-state index contributed by atoms with van der Waals surface area (Å²) in [4.78, 5) is 19.4. The molecule has 0 spiro atoms. The van der Waals surface area contributed by atoms with Crippen molar-refractivity contribution in [2.24, 2.45) is 5.92 Å². The van der Waals surface area contributed by atoms with Crippen LogP contribution in [0.3, 0.4) is 0 Å². The molecule has 1 aliphatic rings. The normalized spacial score (nSPS) is 21.9. The van der Waals surface area contributed by atoms with Gasteiger partial charge in [0.2, 0.25) is 0 Å². The van der Waals surface area contributed by atoms with Crippen LogP contribution in [0.5, 0.6) is 0 Å². The summed E-state index contributed by atoms with van der Waals surface area (Å²) in [5.74, 6) is 1.62. The van der Waals surface area contributed by atoms with E-state index in [-0.39, 0.29) is 23.5 Å². The quantitative estimate of drug-likeness (QED) is 0.243. The van der Waals surface area contributed by atoms with Crippen LogP contribution in [-0.4, -0.2) is 73.0 Å². The largest absolute Gasteiger partial charge is 0.390 e. The van der Waals surface area contributed by atoms with E-state index in [0.29, 0.717) is 11.9 Å². The van der Waals surface area contributed by atoms with E-state index in [2.05, 4.69) is 77.2 Å². The Morgan fingerprint density at radius 2 is 2.00 bits per heavy atom. The molecule has 0 saturated heterocycles. The number of nitrogens with one attached hydrogen (secondary N) is 1. The topological polar surface area (TPSA) is 118 Å². The number of rotatable bonds is 10. The van der Waals surface area contributed by atoms with Crippen LogP contribution in [0.1, 0.15) is 71.3 Å². The number of nitrogens with two attached hydrogens (primary N) is 1. The zero-order valence-corrected chi connectivity index (χ0v) is 24.8. The fourth-order valence-corrected chi connectivity index (χ4v) is 6.20. The lowest BCUT2D eigenvalue weighted by atomic mass is 9.87. The number of aliphatic hydroxyl groups excluding tert-OH is 1. The highest BCUT2D eigenvalue weighted by Gasteiger charge is 2.44. The number of ether oxygens (including phenoxy) is 1. The first-order valence-electron chi connectivity index (χ1n) is 14.6. The van der Waals surface area contributed by atoms with Gasteiger partial charge in [-0.15, -0.1) is 0 Å². The van der Waals surface area contributed by atoms with Crippen molar-refractivity contribution >= 4 is 27.9 Å². The molecule has 4 aromatic rings. The van der Waals surface area contributed by atoms with Gasteiger partial charge in [0, 0.05) is 38.2 Å². The maximum atomic E-state index is 11.3. The van der Waals surface area contributed by atoms with Crippen LogP contribution in [0.15, 0.2) is 36.8 Å². The lowest BCUT2D eigenvalue weighted by molar-refractivity contribution is -0.0277. The third-order valence-corrected chi connectivity index (χ3v) is 8.62. The molecular formula is C31H45N7O2. The predicted molar refractivity (Wildman–Crippen MR) is 160 cm³/mol. The number of aromatic nitrogens is 5. The number of anilines is 1. The van der Waals surface area contributed by atoms with Crippen molar-refractivity contribution in [1.82, 2.24) is 29.4 Å². The third kappa shape index (κ3) is 5.73. The Kier molecular flexibility index (Phi) is 8.17. The maximum Gasteiger partial charge on any atom is 0.145 e. The van der Waals surface area contributed by atoms with Gasteiger partial charge in [-0.3, -0.25) is 0 Å². The number of hydrogen-bond acceptors (Lipinski definition) is 7. The summed E-state index contributed by atoms with van der Waals surface area (Å²) in [6.07, 6.45) is 6.49. The van der Waals surface area contributed by atoms with Crippen LogP contribution in [0.2, 0.25) is 0 Å². The number of aryl methyl sites for hydroxylation is 1. The van der Waals surface area contributed by atoms with E-state index in [0.717, 1.165) is 66.7 Å². The summed E-state index contributed by atoms with van der Waals surface area (Å²) in [6, 6.07) is 8.86. The number of imidazole rings is 1. The SMILES string of the molecule is CO[C@@H]1[C@H](O)[C@H](CN(CCCCc2nc3ccc(C(C)(C)C)cc3[nH]2)C(C)C)C[C@H]1n1ccc2c(N)ncnc21. The van der Waals surface area contributed by atoms with Crippen molar-refractivity contribution in [2.75, 3.05) is 25.9 Å². The summed E-state index contributed by atoms with van der Waals surface area (Å²) in [5.41, 5.74) is 10.4. The van der Waals surface area contributed by atoms with Crippen LogP contribution in [0.25, 0.3) is 22.1 Å². The van der Waals surface area contributed by atoms with Crippen LogP contribution < -0.4 is 5.73 Å². The van der Waals surface area contributed by atoms with E-state index in [1.165, 1.54) is 11.9 Å². The van der Waals surface area contributed by atoms with Crippen molar-refractivity contribution < 1.29 is 9.84 Å². The predicted octanol–water partition coefficient (Wildman–Crippen LogP) is 4.86. The molecule has 0 radical (unpaired) electrons. The van der Waals surface area contributed by atoms with Crippen molar-refractivity contribution in [3.8, 4) is 0 Å². The van der Waals surface area contributed by atoms with Gasteiger partial charge in [0.25, 0.3) is 0 Å². The van der Waals surface area contributed by atoms with E-state index >= 15 is 0 Å². The van der Waals surface area contributed by atoms with E-state index in [9.17, 15) is 5.11 Å². The molecule has 3 aromatic heterocycles. The Bertz CT molecular complexity index is 1440. The molecule has 4 atom stereocenters. The number of H-pyrrole nitrogens is 1. The van der Waals surface area contributed by atoms with Crippen LogP contribution in [-0.2, 0) is 16.6 Å². The van der Waals surface area contributed by atoms with E-state index < -0.39 is 6.10 Å². The minimum absolute atomic E-state index is 0.0160. The molecule has 4 N–H and O–H groups in total. The molecule has 1 aromatic carbocycles. The lowest BCUT2D eigenvalue weighted by Gasteiger charge is -2.30. The molecule has 0 bridgehead atoms. The van der Waals surface area contributed by atoms with Gasteiger partial charge < -0.3 is 30.0 Å². The smallest absolute Gasteiger partial charge is 0.145 e. The number of aromatic amines is 1. The Labute approximate surface area is 237 Å². The van der Waals surface area contributed by atoms with Gasteiger partial charge in [-0.1, -0.05) is 26.8 Å². The molecular weight excluding hydrogens is 502 g/mol. The van der Waals surface area contributed by atoms with E-state index in [4.69, 9.17) is 15.5 Å². The third-order valence-electron chi connectivity index (χ3n) is 8.62. The fraction of sp³-hybridized carbons (Fsp3) is 0.581. The number of fused-ring (bicyclic) bond motifs is 2. The van der Waals surface area contributed by atoms with Crippen molar-refractivity contribution in [3.05, 3.63) is 48.2 Å². The van der Waals surface area contributed by atoms with Crippen LogP contribution in [0.4, 0.5) is 5.82 Å². The first kappa shape index (κ1) is 28.5.